The monoisotopic (exact) mass is 490 g/mol. The summed E-state index contributed by atoms with van der Waals surface area (Å²) in [4.78, 5) is 33.3. The van der Waals surface area contributed by atoms with Gasteiger partial charge in [-0.3, -0.25) is 4.79 Å². The molecule has 0 saturated carbocycles. The van der Waals surface area contributed by atoms with E-state index in [1.165, 1.54) is 0 Å². The minimum atomic E-state index is -0.402. The van der Waals surface area contributed by atoms with Crippen LogP contribution in [0, 0.1) is 5.92 Å². The number of halogens is 1. The van der Waals surface area contributed by atoms with Gasteiger partial charge in [0.15, 0.2) is 0 Å². The third-order valence-corrected chi connectivity index (χ3v) is 5.75. The zero-order valence-electron chi connectivity index (χ0n) is 17.8. The third kappa shape index (κ3) is 5.54. The van der Waals surface area contributed by atoms with Gasteiger partial charge in [-0.2, -0.15) is 0 Å². The molecule has 3 atom stereocenters. The van der Waals surface area contributed by atoms with E-state index in [1.807, 2.05) is 37.3 Å². The van der Waals surface area contributed by atoms with Crippen molar-refractivity contribution in [3.8, 4) is 5.88 Å². The number of hydrogen-bond acceptors (Lipinski definition) is 5. The number of aliphatic hydroxyl groups excluding tert-OH is 1. The molecule has 2 heterocycles. The summed E-state index contributed by atoms with van der Waals surface area (Å²) in [6.45, 7) is 4.28. The second-order valence-electron chi connectivity index (χ2n) is 7.81. The molecule has 8 nitrogen and oxygen atoms in total. The number of hydrogen-bond donors (Lipinski definition) is 2. The lowest BCUT2D eigenvalue weighted by atomic mass is 10.0. The number of fused-ring (bicyclic) bond motifs is 1. The molecule has 0 radical (unpaired) electrons. The fourth-order valence-electron chi connectivity index (χ4n) is 3.39. The smallest absolute Gasteiger partial charge is 0.321 e. The fourth-order valence-corrected chi connectivity index (χ4v) is 3.72. The molecule has 1 aromatic heterocycles. The lowest BCUT2D eigenvalue weighted by molar-refractivity contribution is 0.0356. The van der Waals surface area contributed by atoms with E-state index in [9.17, 15) is 14.7 Å². The molecule has 9 heteroatoms. The number of aromatic nitrogens is 1. The summed E-state index contributed by atoms with van der Waals surface area (Å²) < 4.78 is 6.80. The second-order valence-corrected chi connectivity index (χ2v) is 8.72. The Morgan fingerprint density at radius 3 is 2.81 bits per heavy atom. The molecule has 2 N–H and O–H groups in total. The number of likely N-dealkylation sites (N-methyl/N-ethyl adjacent to an activating group) is 1. The minimum absolute atomic E-state index is 0.108. The average Bonchev–Trinajstić information content (AvgIpc) is 2.76. The molecule has 2 aromatic rings. The topological polar surface area (TPSA) is 95.0 Å². The maximum absolute atomic E-state index is 13.1. The van der Waals surface area contributed by atoms with E-state index in [0.717, 1.165) is 0 Å². The van der Waals surface area contributed by atoms with Crippen LogP contribution in [-0.4, -0.2) is 70.7 Å². The van der Waals surface area contributed by atoms with Crippen molar-refractivity contribution >= 4 is 33.6 Å². The molecule has 3 rings (SSSR count). The maximum Gasteiger partial charge on any atom is 0.321 e. The van der Waals surface area contributed by atoms with E-state index in [2.05, 4.69) is 26.2 Å². The molecule has 31 heavy (non-hydrogen) atoms. The van der Waals surface area contributed by atoms with E-state index < -0.39 is 6.10 Å². The van der Waals surface area contributed by atoms with Gasteiger partial charge in [0.1, 0.15) is 11.7 Å². The molecule has 0 bridgehead atoms. The Balaban J connectivity index is 1.83. The molecular weight excluding hydrogens is 464 g/mol. The molecule has 3 amide bonds. The number of urea groups is 1. The van der Waals surface area contributed by atoms with Crippen LogP contribution in [0.25, 0.3) is 0 Å². The lowest BCUT2D eigenvalue weighted by Gasteiger charge is -2.37. The van der Waals surface area contributed by atoms with Gasteiger partial charge in [0.05, 0.1) is 19.2 Å². The number of aliphatic hydroxyl groups is 1. The number of amides is 3. The van der Waals surface area contributed by atoms with Crippen molar-refractivity contribution in [2.75, 3.05) is 32.1 Å². The number of carbonyl (C=O) groups excluding carboxylic acids is 2. The van der Waals surface area contributed by atoms with Gasteiger partial charge in [0.25, 0.3) is 5.91 Å². The molecule has 0 fully saturated rings. The summed E-state index contributed by atoms with van der Waals surface area (Å²) in [5.41, 5.74) is 1.03. The SMILES string of the molecule is C[C@@H]1CN([C@H](C)CO)C(=O)c2cc(Br)cnc2O[C@H]1CN(C)C(=O)Nc1ccccc1. The predicted octanol–water partition coefficient (Wildman–Crippen LogP) is 3.23. The highest BCUT2D eigenvalue weighted by Gasteiger charge is 2.34. The highest BCUT2D eigenvalue weighted by molar-refractivity contribution is 9.10. The van der Waals surface area contributed by atoms with Gasteiger partial charge in [-0.1, -0.05) is 25.1 Å². The number of rotatable bonds is 5. The van der Waals surface area contributed by atoms with Crippen LogP contribution in [0.3, 0.4) is 0 Å². The first kappa shape index (κ1) is 23.0. The molecular formula is C22H27BrN4O4. The van der Waals surface area contributed by atoms with Crippen LogP contribution >= 0.6 is 15.9 Å². The van der Waals surface area contributed by atoms with E-state index >= 15 is 0 Å². The van der Waals surface area contributed by atoms with Gasteiger partial charge in [-0.05, 0) is 41.1 Å². The number of para-hydroxylation sites is 1. The highest BCUT2D eigenvalue weighted by Crippen LogP contribution is 2.28. The van der Waals surface area contributed by atoms with E-state index in [0.29, 0.717) is 28.8 Å². The normalized spacial score (nSPS) is 19.5. The van der Waals surface area contributed by atoms with Gasteiger partial charge in [0.2, 0.25) is 5.88 Å². The average molecular weight is 491 g/mol. The number of carbonyl (C=O) groups is 2. The number of nitrogens with one attached hydrogen (secondary N) is 1. The molecule has 0 unspecified atom stereocenters. The van der Waals surface area contributed by atoms with Crippen molar-refractivity contribution in [2.45, 2.75) is 26.0 Å². The summed E-state index contributed by atoms with van der Waals surface area (Å²) in [5, 5.41) is 12.5. The Bertz CT molecular complexity index is 927. The number of nitrogens with zero attached hydrogens (tertiary/aromatic N) is 3. The number of pyridine rings is 1. The van der Waals surface area contributed by atoms with Crippen molar-refractivity contribution in [3.05, 3.63) is 52.6 Å². The van der Waals surface area contributed by atoms with Crippen LogP contribution in [-0.2, 0) is 0 Å². The quantitative estimate of drug-likeness (QED) is 0.670. The molecule has 166 valence electrons. The van der Waals surface area contributed by atoms with Crippen molar-refractivity contribution in [1.82, 2.24) is 14.8 Å². The predicted molar refractivity (Wildman–Crippen MR) is 121 cm³/mol. The van der Waals surface area contributed by atoms with E-state index in [-0.39, 0.29) is 36.4 Å². The summed E-state index contributed by atoms with van der Waals surface area (Å²) in [6, 6.07) is 10.3. The largest absolute Gasteiger partial charge is 0.472 e. The van der Waals surface area contributed by atoms with Crippen LogP contribution in [0.15, 0.2) is 47.1 Å². The van der Waals surface area contributed by atoms with Gasteiger partial charge >= 0.3 is 6.03 Å². The Morgan fingerprint density at radius 2 is 2.13 bits per heavy atom. The van der Waals surface area contributed by atoms with Crippen LogP contribution < -0.4 is 10.1 Å². The first-order valence-corrected chi connectivity index (χ1v) is 10.9. The first-order chi connectivity index (χ1) is 14.8. The maximum atomic E-state index is 13.1. The van der Waals surface area contributed by atoms with Gasteiger partial charge in [-0.15, -0.1) is 0 Å². The van der Waals surface area contributed by atoms with Crippen LogP contribution in [0.4, 0.5) is 10.5 Å². The Morgan fingerprint density at radius 1 is 1.42 bits per heavy atom. The summed E-state index contributed by atoms with van der Waals surface area (Å²) >= 11 is 3.36. The number of benzene rings is 1. The minimum Gasteiger partial charge on any atom is -0.472 e. The zero-order valence-corrected chi connectivity index (χ0v) is 19.4. The standard InChI is InChI=1S/C22H27BrN4O4/c1-14-11-27(15(2)13-28)21(29)18-9-16(23)10-24-20(18)31-19(14)12-26(3)22(30)25-17-7-5-4-6-8-17/h4-10,14-15,19,28H,11-13H2,1-3H3,(H,25,30)/t14-,15-,19+/m1/s1. The number of ether oxygens (including phenoxy) is 1. The Labute approximate surface area is 190 Å². The summed E-state index contributed by atoms with van der Waals surface area (Å²) in [6.07, 6.45) is 1.17. The zero-order chi connectivity index (χ0) is 22.5. The number of anilines is 1. The Kier molecular flexibility index (Phi) is 7.50. The Hall–Kier alpha value is -2.65. The summed E-state index contributed by atoms with van der Waals surface area (Å²) in [5.74, 6) is -0.133. The molecule has 0 spiro atoms. The van der Waals surface area contributed by atoms with Gasteiger partial charge < -0.3 is 25.0 Å². The van der Waals surface area contributed by atoms with Crippen molar-refractivity contribution < 1.29 is 19.4 Å². The lowest BCUT2D eigenvalue weighted by Crippen LogP contribution is -2.50. The van der Waals surface area contributed by atoms with E-state index in [1.54, 1.807) is 36.0 Å². The molecule has 1 aliphatic heterocycles. The van der Waals surface area contributed by atoms with Crippen LogP contribution in [0.2, 0.25) is 0 Å². The third-order valence-electron chi connectivity index (χ3n) is 5.31. The van der Waals surface area contributed by atoms with Crippen molar-refractivity contribution in [1.29, 1.82) is 0 Å². The van der Waals surface area contributed by atoms with Crippen LogP contribution in [0.5, 0.6) is 5.88 Å². The van der Waals surface area contributed by atoms with E-state index in [4.69, 9.17) is 4.74 Å². The molecule has 0 saturated heterocycles. The van der Waals surface area contributed by atoms with Crippen molar-refractivity contribution in [3.63, 3.8) is 0 Å². The van der Waals surface area contributed by atoms with Crippen LogP contribution in [0.1, 0.15) is 24.2 Å². The van der Waals surface area contributed by atoms with Crippen molar-refractivity contribution in [2.24, 2.45) is 5.92 Å². The molecule has 0 aliphatic carbocycles. The fraction of sp³-hybridized carbons (Fsp3) is 0.409. The van der Waals surface area contributed by atoms with Gasteiger partial charge in [-0.25, -0.2) is 9.78 Å². The first-order valence-electron chi connectivity index (χ1n) is 10.1. The molecule has 1 aromatic carbocycles. The van der Waals surface area contributed by atoms with Gasteiger partial charge in [0, 0.05) is 35.9 Å². The summed E-state index contributed by atoms with van der Waals surface area (Å²) in [7, 11) is 1.70. The highest BCUT2D eigenvalue weighted by atomic mass is 79.9. The second kappa shape index (κ2) is 10.1. The molecule has 1 aliphatic rings.